The van der Waals surface area contributed by atoms with Crippen LogP contribution in [-0.2, 0) is 4.79 Å². The highest BCUT2D eigenvalue weighted by atomic mass is 127. The van der Waals surface area contributed by atoms with E-state index in [1.165, 1.54) is 44.9 Å². The lowest BCUT2D eigenvalue weighted by atomic mass is 10.1. The molecule has 0 bridgehead atoms. The third kappa shape index (κ3) is 29.6. The maximum atomic E-state index is 9.00. The summed E-state index contributed by atoms with van der Waals surface area (Å²) in [5, 5.41) is 16.0. The maximum Gasteiger partial charge on any atom is 0.300 e. The molecular weight excluding hydrogens is 343 g/mol. The number of unbranched alkanes of at least 4 members (excludes halogenated alkanes) is 8. The van der Waals surface area contributed by atoms with E-state index in [9.17, 15) is 0 Å². The first-order valence-electron chi connectivity index (χ1n) is 6.54. The fourth-order valence-electron chi connectivity index (χ4n) is 1.43. The van der Waals surface area contributed by atoms with E-state index >= 15 is 0 Å². The molecule has 0 saturated carbocycles. The summed E-state index contributed by atoms with van der Waals surface area (Å²) in [6, 6.07) is 0. The van der Waals surface area contributed by atoms with Gasteiger partial charge in [0.15, 0.2) is 0 Å². The number of hydrogen-bond acceptors (Lipinski definition) is 2. The lowest BCUT2D eigenvalue weighted by Gasteiger charge is -1.99. The van der Waals surface area contributed by atoms with Gasteiger partial charge >= 0.3 is 0 Å². The third-order valence-electron chi connectivity index (χ3n) is 2.28. The first-order valence-corrected chi connectivity index (χ1v) is 7.62. The minimum Gasteiger partial charge on any atom is -0.481 e. The second-order valence-electron chi connectivity index (χ2n) is 4.09. The molecule has 0 aromatic rings. The Bertz CT molecular complexity index is 227. The second kappa shape index (κ2) is 19.1. The number of halogens is 1. The van der Waals surface area contributed by atoms with E-state index in [0.29, 0.717) is 6.61 Å². The number of aliphatic hydroxyl groups is 1. The van der Waals surface area contributed by atoms with Crippen LogP contribution in [0.5, 0.6) is 0 Å². The molecule has 0 atom stereocenters. The van der Waals surface area contributed by atoms with E-state index < -0.39 is 5.97 Å². The fourth-order valence-corrected chi connectivity index (χ4v) is 1.70. The van der Waals surface area contributed by atoms with Crippen LogP contribution in [0.4, 0.5) is 0 Å². The molecule has 0 aromatic heterocycles. The number of carboxylic acids is 1. The van der Waals surface area contributed by atoms with Gasteiger partial charge in [-0.25, -0.2) is 0 Å². The van der Waals surface area contributed by atoms with Gasteiger partial charge in [0, 0.05) is 42.5 Å². The predicted octanol–water partition coefficient (Wildman–Crippen LogP) is 3.98. The van der Waals surface area contributed by atoms with Crippen LogP contribution in [0.25, 0.3) is 0 Å². The summed E-state index contributed by atoms with van der Waals surface area (Å²) < 4.78 is 2.89. The van der Waals surface area contributed by atoms with E-state index in [0.717, 1.165) is 19.8 Å². The van der Waals surface area contributed by atoms with Gasteiger partial charge in [0.25, 0.3) is 5.97 Å². The molecule has 0 rings (SSSR count). The van der Waals surface area contributed by atoms with Crippen molar-refractivity contribution < 1.29 is 15.0 Å². The van der Waals surface area contributed by atoms with Gasteiger partial charge < -0.3 is 10.2 Å². The molecule has 0 heterocycles. The first kappa shape index (κ1) is 20.0. The zero-order chi connectivity index (χ0) is 14.1. The molecule has 4 heteroatoms. The van der Waals surface area contributed by atoms with Crippen molar-refractivity contribution >= 4 is 28.6 Å². The Balaban J connectivity index is 0. The number of carboxylic acid groups (broad SMARTS) is 1. The molecule has 18 heavy (non-hydrogen) atoms. The molecule has 106 valence electrons. The zero-order valence-corrected chi connectivity index (χ0v) is 13.4. The molecule has 2 N–H and O–H groups in total. The van der Waals surface area contributed by atoms with Crippen molar-refractivity contribution in [3.8, 4) is 9.85 Å². The van der Waals surface area contributed by atoms with Gasteiger partial charge in [-0.3, -0.25) is 4.79 Å². The average Bonchev–Trinajstić information content (AvgIpc) is 2.31. The molecule has 0 amide bonds. The Labute approximate surface area is 125 Å². The van der Waals surface area contributed by atoms with Gasteiger partial charge in [0.05, 0.1) is 0 Å². The van der Waals surface area contributed by atoms with E-state index in [-0.39, 0.29) is 0 Å². The van der Waals surface area contributed by atoms with Crippen molar-refractivity contribution in [3.05, 3.63) is 0 Å². The van der Waals surface area contributed by atoms with Gasteiger partial charge in [-0.2, -0.15) is 0 Å². The number of carbonyl (C=O) groups is 1. The van der Waals surface area contributed by atoms with Crippen LogP contribution in [0.2, 0.25) is 0 Å². The highest BCUT2D eigenvalue weighted by molar-refractivity contribution is 14.1. The monoisotopic (exact) mass is 368 g/mol. The van der Waals surface area contributed by atoms with Crippen molar-refractivity contribution in [2.75, 3.05) is 6.61 Å². The molecule has 0 unspecified atom stereocenters. The molecule has 0 fully saturated rings. The largest absolute Gasteiger partial charge is 0.481 e. The number of hydrogen-bond donors (Lipinski definition) is 2. The summed E-state index contributed by atoms with van der Waals surface area (Å²) in [5.41, 5.74) is 0. The molecule has 0 radical (unpaired) electrons. The van der Waals surface area contributed by atoms with Crippen molar-refractivity contribution in [2.24, 2.45) is 0 Å². The van der Waals surface area contributed by atoms with Crippen molar-refractivity contribution in [1.29, 1.82) is 0 Å². The predicted molar refractivity (Wildman–Crippen MR) is 83.7 cm³/mol. The van der Waals surface area contributed by atoms with E-state index in [1.807, 2.05) is 0 Å². The molecule has 0 saturated heterocycles. The first-order chi connectivity index (χ1) is 8.65. The molecular formula is C14H25IO3. The van der Waals surface area contributed by atoms with Gasteiger partial charge in [-0.1, -0.05) is 44.4 Å². The Kier molecular flexibility index (Phi) is 21.2. The van der Waals surface area contributed by atoms with Crippen molar-refractivity contribution in [2.45, 2.75) is 64.7 Å². The topological polar surface area (TPSA) is 57.5 Å². The van der Waals surface area contributed by atoms with Crippen molar-refractivity contribution in [3.63, 3.8) is 0 Å². The number of rotatable bonds is 9. The molecule has 0 aromatic carbocycles. The van der Waals surface area contributed by atoms with Crippen LogP contribution in [0, 0.1) is 9.85 Å². The van der Waals surface area contributed by atoms with Crippen molar-refractivity contribution in [1.82, 2.24) is 0 Å². The van der Waals surface area contributed by atoms with Crippen LogP contribution in [0.1, 0.15) is 64.7 Å². The van der Waals surface area contributed by atoms with Crippen LogP contribution in [-0.4, -0.2) is 22.8 Å². The zero-order valence-electron chi connectivity index (χ0n) is 11.3. The normalized spacial score (nSPS) is 8.83. The number of aliphatic carboxylic acids is 1. The minimum atomic E-state index is -0.833. The average molecular weight is 368 g/mol. The summed E-state index contributed by atoms with van der Waals surface area (Å²) >= 11 is 2.09. The van der Waals surface area contributed by atoms with E-state index in [1.54, 1.807) is 0 Å². The summed E-state index contributed by atoms with van der Waals surface area (Å²) in [7, 11) is 0. The molecule has 0 aliphatic rings. The lowest BCUT2D eigenvalue weighted by Crippen LogP contribution is -1.84. The second-order valence-corrected chi connectivity index (χ2v) is 4.63. The molecule has 0 aliphatic carbocycles. The van der Waals surface area contributed by atoms with Gasteiger partial charge in [0.1, 0.15) is 0 Å². The van der Waals surface area contributed by atoms with Crippen LogP contribution in [0.3, 0.4) is 0 Å². The van der Waals surface area contributed by atoms with E-state index in [4.69, 9.17) is 15.0 Å². The molecule has 3 nitrogen and oxygen atoms in total. The highest BCUT2D eigenvalue weighted by Gasteiger charge is 1.91. The minimum absolute atomic E-state index is 0.356. The van der Waals surface area contributed by atoms with E-state index in [2.05, 4.69) is 32.4 Å². The fraction of sp³-hybridized carbons (Fsp3) is 0.786. The number of aliphatic hydroxyl groups excluding tert-OH is 1. The Morgan fingerprint density at radius 3 is 1.78 bits per heavy atom. The van der Waals surface area contributed by atoms with Crippen LogP contribution in [0.15, 0.2) is 0 Å². The van der Waals surface area contributed by atoms with Gasteiger partial charge in [0.2, 0.25) is 0 Å². The van der Waals surface area contributed by atoms with Gasteiger partial charge in [-0.15, -0.1) is 0 Å². The SMILES string of the molecule is CC(=O)O.OCCCCCCCCCCC#CI. The smallest absolute Gasteiger partial charge is 0.300 e. The highest BCUT2D eigenvalue weighted by Crippen LogP contribution is 2.09. The third-order valence-corrected chi connectivity index (χ3v) is 2.66. The Hall–Kier alpha value is -0.280. The Morgan fingerprint density at radius 1 is 1.00 bits per heavy atom. The van der Waals surface area contributed by atoms with Gasteiger partial charge in [-0.05, 0) is 16.8 Å². The van der Waals surface area contributed by atoms with Crippen LogP contribution < -0.4 is 0 Å². The van der Waals surface area contributed by atoms with Crippen LogP contribution >= 0.6 is 22.6 Å². The summed E-state index contributed by atoms with van der Waals surface area (Å²) in [6.07, 6.45) is 11.1. The quantitative estimate of drug-likeness (QED) is 0.368. The summed E-state index contributed by atoms with van der Waals surface area (Å²) in [4.78, 5) is 9.00. The molecule has 0 spiro atoms. The lowest BCUT2D eigenvalue weighted by molar-refractivity contribution is -0.134. The summed E-state index contributed by atoms with van der Waals surface area (Å²) in [6.45, 7) is 1.44. The summed E-state index contributed by atoms with van der Waals surface area (Å²) in [5.74, 6) is 2.24. The molecule has 0 aliphatic heterocycles. The maximum absolute atomic E-state index is 9.00. The standard InChI is InChI=1S/C12H21IO.C2H4O2/c13-11-9-7-5-3-1-2-4-6-8-10-12-14;1-2(3)4/h14H,1-8,10,12H2;1H3,(H,3,4). The Morgan fingerprint density at radius 2 is 1.39 bits per heavy atom.